The van der Waals surface area contributed by atoms with E-state index in [1.807, 2.05) is 6.92 Å². The van der Waals surface area contributed by atoms with Gasteiger partial charge >= 0.3 is 0 Å². The first-order valence-corrected chi connectivity index (χ1v) is 8.79. The Morgan fingerprint density at radius 1 is 1.21 bits per heavy atom. The van der Waals surface area contributed by atoms with Gasteiger partial charge in [0.2, 0.25) is 0 Å². The van der Waals surface area contributed by atoms with E-state index in [0.29, 0.717) is 23.5 Å². The molecule has 1 saturated heterocycles. The molecule has 2 unspecified atom stereocenters. The topological polar surface area (TPSA) is 39.7 Å². The fraction of sp³-hybridized carbons (Fsp3) is 0.611. The van der Waals surface area contributed by atoms with Crippen LogP contribution in [-0.4, -0.2) is 42.6 Å². The van der Waals surface area contributed by atoms with Gasteiger partial charge in [-0.25, -0.2) is 13.8 Å². The minimum Gasteiger partial charge on any atom is -0.357 e. The summed E-state index contributed by atoms with van der Waals surface area (Å²) < 4.78 is 26.6. The van der Waals surface area contributed by atoms with E-state index < -0.39 is 11.6 Å². The highest BCUT2D eigenvalue weighted by atomic mass is 19.1. The van der Waals surface area contributed by atoms with Crippen LogP contribution in [0.3, 0.4) is 0 Å². The third-order valence-electron chi connectivity index (χ3n) is 4.71. The first-order chi connectivity index (χ1) is 11.5. The van der Waals surface area contributed by atoms with Gasteiger partial charge in [-0.1, -0.05) is 6.92 Å². The largest absolute Gasteiger partial charge is 0.357 e. The lowest BCUT2D eigenvalue weighted by Gasteiger charge is -2.20. The monoisotopic (exact) mass is 336 g/mol. The molecule has 1 aromatic rings. The fourth-order valence-corrected chi connectivity index (χ4v) is 3.30. The van der Waals surface area contributed by atoms with Crippen LogP contribution in [0.1, 0.15) is 32.3 Å². The summed E-state index contributed by atoms with van der Waals surface area (Å²) in [5, 5.41) is 6.71. The maximum Gasteiger partial charge on any atom is 0.191 e. The number of hydrogen-bond acceptors (Lipinski definition) is 2. The summed E-state index contributed by atoms with van der Waals surface area (Å²) in [5.41, 5.74) is 0.531. The average Bonchev–Trinajstić information content (AvgIpc) is 3.29. The van der Waals surface area contributed by atoms with Crippen molar-refractivity contribution in [2.75, 3.05) is 19.6 Å². The third-order valence-corrected chi connectivity index (χ3v) is 4.71. The van der Waals surface area contributed by atoms with E-state index in [-0.39, 0.29) is 6.54 Å². The number of rotatable bonds is 5. The molecule has 6 heteroatoms. The first kappa shape index (κ1) is 17.1. The minimum atomic E-state index is -0.567. The molecule has 1 aromatic carbocycles. The van der Waals surface area contributed by atoms with E-state index >= 15 is 0 Å². The molecule has 2 N–H and O–H groups in total. The van der Waals surface area contributed by atoms with Gasteiger partial charge in [0, 0.05) is 37.8 Å². The second-order valence-electron chi connectivity index (χ2n) is 6.89. The van der Waals surface area contributed by atoms with E-state index in [0.717, 1.165) is 31.7 Å². The molecule has 24 heavy (non-hydrogen) atoms. The fourth-order valence-electron chi connectivity index (χ4n) is 3.30. The summed E-state index contributed by atoms with van der Waals surface area (Å²) in [4.78, 5) is 7.04. The highest BCUT2D eigenvalue weighted by molar-refractivity contribution is 5.80. The summed E-state index contributed by atoms with van der Waals surface area (Å²) >= 11 is 0. The zero-order chi connectivity index (χ0) is 17.1. The van der Waals surface area contributed by atoms with Crippen LogP contribution in [0.15, 0.2) is 23.2 Å². The number of nitrogens with zero attached hydrogens (tertiary/aromatic N) is 2. The van der Waals surface area contributed by atoms with Crippen molar-refractivity contribution in [1.29, 1.82) is 0 Å². The van der Waals surface area contributed by atoms with Crippen LogP contribution in [0, 0.1) is 17.6 Å². The predicted molar refractivity (Wildman–Crippen MR) is 91.9 cm³/mol. The Morgan fingerprint density at radius 3 is 2.54 bits per heavy atom. The van der Waals surface area contributed by atoms with Gasteiger partial charge < -0.3 is 10.6 Å². The molecular weight excluding hydrogens is 310 g/mol. The molecule has 0 bridgehead atoms. The van der Waals surface area contributed by atoms with Crippen molar-refractivity contribution in [1.82, 2.24) is 15.5 Å². The van der Waals surface area contributed by atoms with Crippen LogP contribution in [0.4, 0.5) is 8.78 Å². The zero-order valence-electron chi connectivity index (χ0n) is 14.4. The van der Waals surface area contributed by atoms with Crippen LogP contribution >= 0.6 is 0 Å². The van der Waals surface area contributed by atoms with Crippen molar-refractivity contribution >= 4 is 5.96 Å². The predicted octanol–water partition coefficient (Wildman–Crippen LogP) is 2.50. The molecule has 132 valence electrons. The molecule has 1 aliphatic heterocycles. The van der Waals surface area contributed by atoms with Crippen LogP contribution < -0.4 is 10.6 Å². The highest BCUT2D eigenvalue weighted by Crippen LogP contribution is 2.31. The molecule has 2 fully saturated rings. The van der Waals surface area contributed by atoms with E-state index in [2.05, 4.69) is 27.4 Å². The van der Waals surface area contributed by atoms with Crippen LogP contribution in [-0.2, 0) is 6.54 Å². The van der Waals surface area contributed by atoms with Gasteiger partial charge in [-0.15, -0.1) is 0 Å². The smallest absolute Gasteiger partial charge is 0.191 e. The molecule has 1 heterocycles. The summed E-state index contributed by atoms with van der Waals surface area (Å²) in [7, 11) is 0. The zero-order valence-corrected chi connectivity index (χ0v) is 14.4. The van der Waals surface area contributed by atoms with Gasteiger partial charge in [-0.3, -0.25) is 4.90 Å². The average molecular weight is 336 g/mol. The van der Waals surface area contributed by atoms with Gasteiger partial charge in [0.1, 0.15) is 11.6 Å². The number of nitrogens with one attached hydrogen (secondary N) is 2. The lowest BCUT2D eigenvalue weighted by molar-refractivity contribution is 0.315. The molecular formula is C18H26F2N4. The number of aliphatic imine (C=N–C) groups is 1. The number of likely N-dealkylation sites (tertiary alicyclic amines) is 1. The van der Waals surface area contributed by atoms with Gasteiger partial charge in [-0.2, -0.15) is 0 Å². The lowest BCUT2D eigenvalue weighted by Crippen LogP contribution is -2.46. The van der Waals surface area contributed by atoms with Gasteiger partial charge in [0.15, 0.2) is 5.96 Å². The van der Waals surface area contributed by atoms with Crippen molar-refractivity contribution < 1.29 is 8.78 Å². The van der Waals surface area contributed by atoms with Gasteiger partial charge in [0.05, 0.1) is 6.54 Å². The quantitative estimate of drug-likeness (QED) is 0.641. The molecule has 0 aromatic heterocycles. The summed E-state index contributed by atoms with van der Waals surface area (Å²) in [6.07, 6.45) is 2.64. The lowest BCUT2D eigenvalue weighted by atomic mass is 10.1. The second kappa shape index (κ2) is 7.47. The third kappa shape index (κ3) is 4.44. The molecule has 0 spiro atoms. The summed E-state index contributed by atoms with van der Waals surface area (Å²) in [5.74, 6) is 0.128. The molecule has 3 rings (SSSR count). The standard InChI is InChI=1S/C18H26F2N4/c1-3-21-18(22-9-13-6-14(19)8-15(20)7-13)23-17-11-24(10-12(17)2)16-4-5-16/h6-8,12,16-17H,3-5,9-11H2,1-2H3,(H2,21,22,23). The number of benzene rings is 1. The Morgan fingerprint density at radius 2 is 1.92 bits per heavy atom. The Labute approximate surface area is 142 Å². The number of guanidine groups is 1. The Hall–Kier alpha value is -1.69. The maximum atomic E-state index is 13.3. The maximum absolute atomic E-state index is 13.3. The van der Waals surface area contributed by atoms with Crippen molar-refractivity contribution in [2.24, 2.45) is 10.9 Å². The highest BCUT2D eigenvalue weighted by Gasteiger charge is 2.38. The SMILES string of the molecule is CCNC(=NCc1cc(F)cc(F)c1)NC1CN(C2CC2)CC1C. The number of hydrogen-bond donors (Lipinski definition) is 2. The van der Waals surface area contributed by atoms with Gasteiger partial charge in [-0.05, 0) is 43.4 Å². The van der Waals surface area contributed by atoms with E-state index in [1.54, 1.807) is 0 Å². The van der Waals surface area contributed by atoms with Crippen LogP contribution in [0.5, 0.6) is 0 Å². The molecule has 0 amide bonds. The number of halogens is 2. The Kier molecular flexibility index (Phi) is 5.33. The molecule has 2 aliphatic rings. The van der Waals surface area contributed by atoms with E-state index in [1.165, 1.54) is 25.0 Å². The minimum absolute atomic E-state index is 0.247. The second-order valence-corrected chi connectivity index (χ2v) is 6.89. The van der Waals surface area contributed by atoms with Crippen LogP contribution in [0.25, 0.3) is 0 Å². The Balaban J connectivity index is 1.63. The summed E-state index contributed by atoms with van der Waals surface area (Å²) in [6.45, 7) is 7.41. The molecule has 4 nitrogen and oxygen atoms in total. The molecule has 1 aliphatic carbocycles. The van der Waals surface area contributed by atoms with E-state index in [9.17, 15) is 8.78 Å². The van der Waals surface area contributed by atoms with Crippen molar-refractivity contribution in [3.63, 3.8) is 0 Å². The normalized spacial score (nSPS) is 25.1. The summed E-state index contributed by atoms with van der Waals surface area (Å²) in [6, 6.07) is 4.65. The molecule has 1 saturated carbocycles. The Bertz CT molecular complexity index is 580. The molecule has 2 atom stereocenters. The van der Waals surface area contributed by atoms with E-state index in [4.69, 9.17) is 0 Å². The first-order valence-electron chi connectivity index (χ1n) is 8.79. The van der Waals surface area contributed by atoms with Crippen molar-refractivity contribution in [3.8, 4) is 0 Å². The van der Waals surface area contributed by atoms with Crippen molar-refractivity contribution in [3.05, 3.63) is 35.4 Å². The molecule has 0 radical (unpaired) electrons. The van der Waals surface area contributed by atoms with Gasteiger partial charge in [0.25, 0.3) is 0 Å². The van der Waals surface area contributed by atoms with Crippen molar-refractivity contribution in [2.45, 2.75) is 45.3 Å². The van der Waals surface area contributed by atoms with Crippen LogP contribution in [0.2, 0.25) is 0 Å².